The zero-order chi connectivity index (χ0) is 13.1. The van der Waals surface area contributed by atoms with Crippen molar-refractivity contribution in [2.24, 2.45) is 0 Å². The molecule has 0 amide bonds. The molecule has 1 unspecified atom stereocenters. The van der Waals surface area contributed by atoms with Crippen LogP contribution >= 0.6 is 0 Å². The quantitative estimate of drug-likeness (QED) is 0.813. The van der Waals surface area contributed by atoms with E-state index in [2.05, 4.69) is 20.4 Å². The maximum atomic E-state index is 13.4. The van der Waals surface area contributed by atoms with Crippen LogP contribution in [0.1, 0.15) is 0 Å². The fourth-order valence-corrected chi connectivity index (χ4v) is 2.95. The van der Waals surface area contributed by atoms with Gasteiger partial charge in [-0.2, -0.15) is 0 Å². The summed E-state index contributed by atoms with van der Waals surface area (Å²) < 4.78 is 13.4. The van der Waals surface area contributed by atoms with E-state index in [9.17, 15) is 4.39 Å². The minimum Gasteiger partial charge on any atom is -0.353 e. The molecule has 0 radical (unpaired) electrons. The van der Waals surface area contributed by atoms with Crippen molar-refractivity contribution in [3.8, 4) is 0 Å². The number of nitrogens with zero attached hydrogens (tertiary/aromatic N) is 2. The Morgan fingerprint density at radius 2 is 1.84 bits per heavy atom. The molecule has 3 rings (SSSR count). The largest absolute Gasteiger partial charge is 0.353 e. The summed E-state index contributed by atoms with van der Waals surface area (Å²) in [6.45, 7) is 7.00. The molecule has 2 aliphatic heterocycles. The van der Waals surface area contributed by atoms with E-state index in [1.54, 1.807) is 12.1 Å². The highest BCUT2D eigenvalue weighted by Gasteiger charge is 2.28. The molecular weight excluding hydrogens is 243 g/mol. The molecule has 2 fully saturated rings. The van der Waals surface area contributed by atoms with Gasteiger partial charge in [0.2, 0.25) is 0 Å². The van der Waals surface area contributed by atoms with Crippen LogP contribution in [0.15, 0.2) is 24.3 Å². The minimum atomic E-state index is -0.157. The summed E-state index contributed by atoms with van der Waals surface area (Å²) in [5.41, 5.74) is 0.991. The maximum absolute atomic E-state index is 13.4. The van der Waals surface area contributed by atoms with Crippen LogP contribution in [0.25, 0.3) is 0 Å². The molecule has 4 nitrogen and oxygen atoms in total. The number of benzene rings is 1. The molecule has 0 aromatic heterocycles. The van der Waals surface area contributed by atoms with Crippen molar-refractivity contribution in [1.82, 2.24) is 15.5 Å². The number of anilines is 1. The van der Waals surface area contributed by atoms with Crippen LogP contribution in [0.2, 0.25) is 0 Å². The lowest BCUT2D eigenvalue weighted by Crippen LogP contribution is -2.62. The van der Waals surface area contributed by atoms with Gasteiger partial charge in [-0.1, -0.05) is 6.07 Å². The normalized spacial score (nSPS) is 25.5. The van der Waals surface area contributed by atoms with E-state index in [-0.39, 0.29) is 5.82 Å². The minimum absolute atomic E-state index is 0.157. The lowest BCUT2D eigenvalue weighted by atomic mass is 10.2. The Labute approximate surface area is 113 Å². The first-order valence-electron chi connectivity index (χ1n) is 7.02. The zero-order valence-corrected chi connectivity index (χ0v) is 11.1. The first-order chi connectivity index (χ1) is 9.34. The number of hydrogen-bond donors (Lipinski definition) is 2. The predicted molar refractivity (Wildman–Crippen MR) is 74.8 cm³/mol. The van der Waals surface area contributed by atoms with E-state index in [1.807, 2.05) is 6.07 Å². The van der Waals surface area contributed by atoms with Crippen LogP contribution < -0.4 is 15.5 Å². The van der Waals surface area contributed by atoms with Gasteiger partial charge in [0, 0.05) is 51.5 Å². The third kappa shape index (κ3) is 2.88. The summed E-state index contributed by atoms with van der Waals surface area (Å²) in [5.74, 6) is -0.157. The Morgan fingerprint density at radius 3 is 2.63 bits per heavy atom. The summed E-state index contributed by atoms with van der Waals surface area (Å²) in [4.78, 5) is 4.80. The van der Waals surface area contributed by atoms with Gasteiger partial charge < -0.3 is 15.5 Å². The lowest BCUT2D eigenvalue weighted by molar-refractivity contribution is 0.154. The number of hydrogen-bond acceptors (Lipinski definition) is 4. The third-order valence-electron chi connectivity index (χ3n) is 3.93. The van der Waals surface area contributed by atoms with Crippen molar-refractivity contribution in [2.75, 3.05) is 50.7 Å². The summed E-state index contributed by atoms with van der Waals surface area (Å²) in [6, 6.07) is 6.94. The average molecular weight is 264 g/mol. The van der Waals surface area contributed by atoms with Crippen LogP contribution in [0.3, 0.4) is 0 Å². The molecule has 2 saturated heterocycles. The van der Waals surface area contributed by atoms with Gasteiger partial charge in [-0.3, -0.25) is 4.90 Å². The molecule has 0 spiro atoms. The molecule has 19 heavy (non-hydrogen) atoms. The Balaban J connectivity index is 1.80. The van der Waals surface area contributed by atoms with Gasteiger partial charge in [0.1, 0.15) is 5.82 Å². The van der Waals surface area contributed by atoms with Crippen molar-refractivity contribution >= 4 is 5.69 Å². The SMILES string of the molecule is Fc1cccc(N2CCNCC2N2CCNCC2)c1. The number of halogens is 1. The van der Waals surface area contributed by atoms with Crippen LogP contribution in [0.4, 0.5) is 10.1 Å². The van der Waals surface area contributed by atoms with Gasteiger partial charge >= 0.3 is 0 Å². The van der Waals surface area contributed by atoms with Crippen molar-refractivity contribution in [2.45, 2.75) is 6.17 Å². The first kappa shape index (κ1) is 12.8. The molecular formula is C14H21FN4. The molecule has 1 aromatic carbocycles. The summed E-state index contributed by atoms with van der Waals surface area (Å²) in [6.07, 6.45) is 0.331. The molecule has 104 valence electrons. The van der Waals surface area contributed by atoms with E-state index in [0.29, 0.717) is 6.17 Å². The van der Waals surface area contributed by atoms with Crippen molar-refractivity contribution in [3.05, 3.63) is 30.1 Å². The van der Waals surface area contributed by atoms with E-state index < -0.39 is 0 Å². The zero-order valence-electron chi connectivity index (χ0n) is 11.1. The van der Waals surface area contributed by atoms with Crippen LogP contribution in [-0.4, -0.2) is 56.9 Å². The van der Waals surface area contributed by atoms with Crippen LogP contribution in [-0.2, 0) is 0 Å². The molecule has 0 aliphatic carbocycles. The molecule has 1 aromatic rings. The third-order valence-corrected chi connectivity index (χ3v) is 3.93. The lowest BCUT2D eigenvalue weighted by Gasteiger charge is -2.45. The number of rotatable bonds is 2. The Hall–Kier alpha value is -1.17. The van der Waals surface area contributed by atoms with Gasteiger partial charge in [0.05, 0.1) is 6.17 Å². The highest BCUT2D eigenvalue weighted by atomic mass is 19.1. The molecule has 2 heterocycles. The van der Waals surface area contributed by atoms with Crippen LogP contribution in [0, 0.1) is 5.82 Å². The van der Waals surface area contributed by atoms with Gasteiger partial charge in [-0.05, 0) is 18.2 Å². The fourth-order valence-electron chi connectivity index (χ4n) is 2.95. The van der Waals surface area contributed by atoms with Crippen molar-refractivity contribution < 1.29 is 4.39 Å². The Morgan fingerprint density at radius 1 is 1.05 bits per heavy atom. The maximum Gasteiger partial charge on any atom is 0.125 e. The second-order valence-corrected chi connectivity index (χ2v) is 5.14. The summed E-state index contributed by atoms with van der Waals surface area (Å²) in [7, 11) is 0. The van der Waals surface area contributed by atoms with E-state index >= 15 is 0 Å². The van der Waals surface area contributed by atoms with E-state index in [0.717, 1.165) is 51.5 Å². The molecule has 0 bridgehead atoms. The molecule has 2 aliphatic rings. The van der Waals surface area contributed by atoms with E-state index in [4.69, 9.17) is 0 Å². The van der Waals surface area contributed by atoms with Crippen molar-refractivity contribution in [1.29, 1.82) is 0 Å². The highest BCUT2D eigenvalue weighted by Crippen LogP contribution is 2.21. The number of nitrogens with one attached hydrogen (secondary N) is 2. The first-order valence-corrected chi connectivity index (χ1v) is 7.02. The Bertz CT molecular complexity index is 420. The molecule has 0 saturated carbocycles. The highest BCUT2D eigenvalue weighted by molar-refractivity contribution is 5.48. The van der Waals surface area contributed by atoms with Crippen LogP contribution in [0.5, 0.6) is 0 Å². The van der Waals surface area contributed by atoms with Crippen molar-refractivity contribution in [3.63, 3.8) is 0 Å². The topological polar surface area (TPSA) is 30.5 Å². The predicted octanol–water partition coefficient (Wildman–Crippen LogP) is 0.467. The number of piperazine rings is 2. The van der Waals surface area contributed by atoms with Gasteiger partial charge in [-0.25, -0.2) is 4.39 Å². The van der Waals surface area contributed by atoms with Gasteiger partial charge in [0.15, 0.2) is 0 Å². The molecule has 2 N–H and O–H groups in total. The fraction of sp³-hybridized carbons (Fsp3) is 0.571. The smallest absolute Gasteiger partial charge is 0.125 e. The standard InChI is InChI=1S/C14H21FN4/c15-12-2-1-3-13(10-12)19-9-6-17-11-14(19)18-7-4-16-5-8-18/h1-3,10,14,16-17H,4-9,11H2. The molecule has 1 atom stereocenters. The Kier molecular flexibility index (Phi) is 3.96. The van der Waals surface area contributed by atoms with Gasteiger partial charge in [-0.15, -0.1) is 0 Å². The summed E-state index contributed by atoms with van der Waals surface area (Å²) in [5, 5.41) is 6.83. The summed E-state index contributed by atoms with van der Waals surface area (Å²) >= 11 is 0. The average Bonchev–Trinajstić information content (AvgIpc) is 2.48. The van der Waals surface area contributed by atoms with E-state index in [1.165, 1.54) is 6.07 Å². The molecule has 5 heteroatoms. The second kappa shape index (κ2) is 5.86. The monoisotopic (exact) mass is 264 g/mol. The second-order valence-electron chi connectivity index (χ2n) is 5.14. The van der Waals surface area contributed by atoms with Gasteiger partial charge in [0.25, 0.3) is 0 Å².